The molecule has 1 aliphatic carbocycles. The molecule has 1 aromatic rings. The Bertz CT molecular complexity index is 548. The van der Waals surface area contributed by atoms with Crippen molar-refractivity contribution in [2.24, 2.45) is 0 Å². The predicted octanol–water partition coefficient (Wildman–Crippen LogP) is 1.10. The molecule has 112 valence electrons. The number of aliphatic hydroxyl groups is 1. The second-order valence-electron chi connectivity index (χ2n) is 5.06. The number of hydrogen-bond acceptors (Lipinski definition) is 5. The Morgan fingerprint density at radius 1 is 1.30 bits per heavy atom. The first kappa shape index (κ1) is 15.2. The van der Waals surface area contributed by atoms with Gasteiger partial charge in [0, 0.05) is 25.4 Å². The van der Waals surface area contributed by atoms with Gasteiger partial charge >= 0.3 is 0 Å². The zero-order chi connectivity index (χ0) is 14.6. The van der Waals surface area contributed by atoms with E-state index in [0.717, 1.165) is 19.3 Å². The normalized spacial score (nSPS) is 24.1. The molecule has 2 unspecified atom stereocenters. The predicted molar refractivity (Wildman–Crippen MR) is 77.0 cm³/mol. The van der Waals surface area contributed by atoms with Crippen molar-refractivity contribution in [3.05, 3.63) is 18.3 Å². The van der Waals surface area contributed by atoms with E-state index in [2.05, 4.69) is 15.0 Å². The first-order chi connectivity index (χ1) is 9.53. The zero-order valence-corrected chi connectivity index (χ0v) is 12.4. The summed E-state index contributed by atoms with van der Waals surface area (Å²) in [6, 6.07) is 2.52. The van der Waals surface area contributed by atoms with E-state index in [9.17, 15) is 13.5 Å². The van der Waals surface area contributed by atoms with Crippen molar-refractivity contribution in [2.75, 3.05) is 12.4 Å². The number of hydrogen-bond donors (Lipinski definition) is 3. The van der Waals surface area contributed by atoms with Crippen LogP contribution in [0.3, 0.4) is 0 Å². The van der Waals surface area contributed by atoms with E-state index in [4.69, 9.17) is 0 Å². The van der Waals surface area contributed by atoms with Crippen LogP contribution in [0.2, 0.25) is 0 Å². The molecule has 2 rings (SSSR count). The fraction of sp³-hybridized carbons (Fsp3) is 0.615. The van der Waals surface area contributed by atoms with Crippen LogP contribution in [0.4, 0.5) is 5.82 Å². The van der Waals surface area contributed by atoms with Crippen molar-refractivity contribution in [3.63, 3.8) is 0 Å². The van der Waals surface area contributed by atoms with Crippen molar-refractivity contribution in [1.82, 2.24) is 9.71 Å². The summed E-state index contributed by atoms with van der Waals surface area (Å²) < 4.78 is 27.3. The standard InChI is InChI=1S/C13H21N3O3S/c1-14-13-9-10(7-8-15-13)20(18,19)16-11-5-3-2-4-6-12(11)17/h7-9,11-12,16-17H,2-6H2,1H3,(H,14,15). The highest BCUT2D eigenvalue weighted by Crippen LogP contribution is 2.20. The van der Waals surface area contributed by atoms with Gasteiger partial charge in [0.05, 0.1) is 11.0 Å². The van der Waals surface area contributed by atoms with Gasteiger partial charge in [-0.15, -0.1) is 0 Å². The van der Waals surface area contributed by atoms with E-state index >= 15 is 0 Å². The Morgan fingerprint density at radius 2 is 2.05 bits per heavy atom. The van der Waals surface area contributed by atoms with Crippen LogP contribution in [0.1, 0.15) is 32.1 Å². The number of nitrogens with one attached hydrogen (secondary N) is 2. The Kier molecular flexibility index (Phi) is 4.95. The molecule has 1 aromatic heterocycles. The molecular formula is C13H21N3O3S. The van der Waals surface area contributed by atoms with E-state index < -0.39 is 22.2 Å². The Balaban J connectivity index is 2.17. The first-order valence-corrected chi connectivity index (χ1v) is 8.35. The van der Waals surface area contributed by atoms with Gasteiger partial charge < -0.3 is 10.4 Å². The van der Waals surface area contributed by atoms with Gasteiger partial charge in [-0.2, -0.15) is 0 Å². The molecule has 1 saturated carbocycles. The molecule has 2 atom stereocenters. The van der Waals surface area contributed by atoms with Crippen molar-refractivity contribution < 1.29 is 13.5 Å². The Morgan fingerprint density at radius 3 is 2.80 bits per heavy atom. The maximum absolute atomic E-state index is 12.3. The number of aliphatic hydroxyl groups excluding tert-OH is 1. The number of pyridine rings is 1. The van der Waals surface area contributed by atoms with E-state index in [-0.39, 0.29) is 4.90 Å². The van der Waals surface area contributed by atoms with E-state index in [1.165, 1.54) is 18.3 Å². The zero-order valence-electron chi connectivity index (χ0n) is 11.5. The lowest BCUT2D eigenvalue weighted by Gasteiger charge is -2.21. The maximum Gasteiger partial charge on any atom is 0.241 e. The van der Waals surface area contributed by atoms with Gasteiger partial charge in [-0.05, 0) is 18.9 Å². The summed E-state index contributed by atoms with van der Waals surface area (Å²) in [5.74, 6) is 0.495. The third-order valence-electron chi connectivity index (χ3n) is 3.58. The SMILES string of the molecule is CNc1cc(S(=O)(=O)NC2CCCCCC2O)ccn1. The molecule has 0 radical (unpaired) electrons. The van der Waals surface area contributed by atoms with Crippen LogP contribution in [-0.2, 0) is 10.0 Å². The lowest BCUT2D eigenvalue weighted by atomic mass is 10.1. The van der Waals surface area contributed by atoms with Gasteiger partial charge in [-0.1, -0.05) is 19.3 Å². The summed E-state index contributed by atoms with van der Waals surface area (Å²) in [4.78, 5) is 4.16. The van der Waals surface area contributed by atoms with Crippen LogP contribution in [0.5, 0.6) is 0 Å². The van der Waals surface area contributed by atoms with Gasteiger partial charge in [-0.3, -0.25) is 0 Å². The minimum Gasteiger partial charge on any atom is -0.391 e. The molecule has 0 bridgehead atoms. The molecule has 20 heavy (non-hydrogen) atoms. The maximum atomic E-state index is 12.3. The third-order valence-corrected chi connectivity index (χ3v) is 5.07. The first-order valence-electron chi connectivity index (χ1n) is 6.87. The summed E-state index contributed by atoms with van der Waals surface area (Å²) in [5, 5.41) is 12.8. The average molecular weight is 299 g/mol. The minimum absolute atomic E-state index is 0.160. The monoisotopic (exact) mass is 299 g/mol. The summed E-state index contributed by atoms with van der Waals surface area (Å²) in [5.41, 5.74) is 0. The highest BCUT2D eigenvalue weighted by atomic mass is 32.2. The van der Waals surface area contributed by atoms with Crippen molar-refractivity contribution in [1.29, 1.82) is 0 Å². The summed E-state index contributed by atoms with van der Waals surface area (Å²) in [6.07, 6.45) is 5.06. The molecule has 0 aromatic carbocycles. The number of rotatable bonds is 4. The average Bonchev–Trinajstić information content (AvgIpc) is 2.64. The van der Waals surface area contributed by atoms with Crippen LogP contribution >= 0.6 is 0 Å². The number of aromatic nitrogens is 1. The van der Waals surface area contributed by atoms with Crippen molar-refractivity contribution >= 4 is 15.8 Å². The summed E-state index contributed by atoms with van der Waals surface area (Å²) in [7, 11) is -1.95. The fourth-order valence-electron chi connectivity index (χ4n) is 2.41. The largest absolute Gasteiger partial charge is 0.391 e. The lowest BCUT2D eigenvalue weighted by Crippen LogP contribution is -2.42. The van der Waals surface area contributed by atoms with Crippen LogP contribution in [-0.4, -0.2) is 37.7 Å². The molecule has 3 N–H and O–H groups in total. The van der Waals surface area contributed by atoms with Crippen LogP contribution in [0.25, 0.3) is 0 Å². The minimum atomic E-state index is -3.63. The van der Waals surface area contributed by atoms with Crippen LogP contribution in [0.15, 0.2) is 23.2 Å². The fourth-order valence-corrected chi connectivity index (χ4v) is 3.72. The van der Waals surface area contributed by atoms with Gasteiger partial charge in [0.25, 0.3) is 0 Å². The van der Waals surface area contributed by atoms with E-state index in [0.29, 0.717) is 18.7 Å². The quantitative estimate of drug-likeness (QED) is 0.724. The highest BCUT2D eigenvalue weighted by molar-refractivity contribution is 7.89. The van der Waals surface area contributed by atoms with Crippen molar-refractivity contribution in [2.45, 2.75) is 49.1 Å². The van der Waals surface area contributed by atoms with E-state index in [1.807, 2.05) is 0 Å². The molecule has 1 aliphatic rings. The van der Waals surface area contributed by atoms with Gasteiger partial charge in [0.1, 0.15) is 5.82 Å². The molecule has 0 spiro atoms. The van der Waals surface area contributed by atoms with Crippen molar-refractivity contribution in [3.8, 4) is 0 Å². The summed E-state index contributed by atoms with van der Waals surface area (Å²) in [6.45, 7) is 0. The lowest BCUT2D eigenvalue weighted by molar-refractivity contribution is 0.130. The molecule has 0 aliphatic heterocycles. The third kappa shape index (κ3) is 3.68. The number of nitrogens with zero attached hydrogens (tertiary/aromatic N) is 1. The topological polar surface area (TPSA) is 91.3 Å². The smallest absolute Gasteiger partial charge is 0.241 e. The molecule has 0 saturated heterocycles. The highest BCUT2D eigenvalue weighted by Gasteiger charge is 2.27. The Hall–Kier alpha value is -1.18. The number of sulfonamides is 1. The Labute approximate surface area is 119 Å². The van der Waals surface area contributed by atoms with E-state index in [1.54, 1.807) is 7.05 Å². The number of anilines is 1. The van der Waals surface area contributed by atoms with Crippen LogP contribution in [0, 0.1) is 0 Å². The molecule has 6 nitrogen and oxygen atoms in total. The molecule has 0 amide bonds. The summed E-state index contributed by atoms with van der Waals surface area (Å²) >= 11 is 0. The van der Waals surface area contributed by atoms with Crippen LogP contribution < -0.4 is 10.0 Å². The molecule has 1 fully saturated rings. The second-order valence-corrected chi connectivity index (χ2v) is 6.77. The molecule has 1 heterocycles. The van der Waals surface area contributed by atoms with Gasteiger partial charge in [0.15, 0.2) is 0 Å². The second kappa shape index (κ2) is 6.51. The van der Waals surface area contributed by atoms with Gasteiger partial charge in [-0.25, -0.2) is 18.1 Å². The van der Waals surface area contributed by atoms with Gasteiger partial charge in [0.2, 0.25) is 10.0 Å². The molecule has 7 heteroatoms. The molecular weight excluding hydrogens is 278 g/mol.